The number of anilines is 1. The predicted octanol–water partition coefficient (Wildman–Crippen LogP) is 1.77. The van der Waals surface area contributed by atoms with Crippen molar-refractivity contribution in [2.24, 2.45) is 0 Å². The van der Waals surface area contributed by atoms with Crippen LogP contribution < -0.4 is 5.73 Å². The second-order valence-corrected chi connectivity index (χ2v) is 4.73. The van der Waals surface area contributed by atoms with E-state index < -0.39 is 0 Å². The third kappa shape index (κ3) is 1.35. The zero-order valence-corrected chi connectivity index (χ0v) is 9.40. The molecule has 0 aliphatic rings. The van der Waals surface area contributed by atoms with Gasteiger partial charge in [-0.2, -0.15) is 5.10 Å². The molecule has 0 amide bonds. The summed E-state index contributed by atoms with van der Waals surface area (Å²) in [4.78, 5) is 10.6. The maximum Gasteiger partial charge on any atom is 0.165 e. The molecule has 0 unspecified atom stereocenters. The first-order valence-electron chi connectivity index (χ1n) is 4.76. The monoisotopic (exact) mass is 231 g/mol. The summed E-state index contributed by atoms with van der Waals surface area (Å²) in [7, 11) is 0. The highest BCUT2D eigenvalue weighted by atomic mass is 32.1. The fourth-order valence-corrected chi connectivity index (χ4v) is 2.44. The lowest BCUT2D eigenvalue weighted by Gasteiger charge is -2.00. The number of aromatic nitrogens is 4. The molecule has 80 valence electrons. The summed E-state index contributed by atoms with van der Waals surface area (Å²) in [6.07, 6.45) is 4.90. The van der Waals surface area contributed by atoms with Crippen molar-refractivity contribution in [2.45, 2.75) is 6.92 Å². The van der Waals surface area contributed by atoms with E-state index in [1.807, 2.05) is 6.92 Å². The quantitative estimate of drug-likeness (QED) is 0.693. The van der Waals surface area contributed by atoms with Crippen molar-refractivity contribution >= 4 is 27.2 Å². The van der Waals surface area contributed by atoms with Crippen molar-refractivity contribution in [2.75, 3.05) is 5.73 Å². The van der Waals surface area contributed by atoms with Gasteiger partial charge in [0.05, 0.1) is 23.5 Å². The minimum atomic E-state index is 0.624. The Morgan fingerprint density at radius 3 is 3.00 bits per heavy atom. The Hall–Kier alpha value is -1.95. The van der Waals surface area contributed by atoms with Gasteiger partial charge in [0.2, 0.25) is 0 Å². The SMILES string of the molecule is Cc1cc2c(-n3cc(N)cn3)ncnc2s1. The van der Waals surface area contributed by atoms with Gasteiger partial charge in [0.25, 0.3) is 0 Å². The molecule has 3 aromatic rings. The number of nitrogens with zero attached hydrogens (tertiary/aromatic N) is 4. The van der Waals surface area contributed by atoms with Gasteiger partial charge in [0, 0.05) is 4.88 Å². The van der Waals surface area contributed by atoms with Gasteiger partial charge in [0.15, 0.2) is 5.82 Å². The first-order valence-corrected chi connectivity index (χ1v) is 5.57. The van der Waals surface area contributed by atoms with Crippen molar-refractivity contribution < 1.29 is 0 Å². The van der Waals surface area contributed by atoms with Crippen LogP contribution in [0.1, 0.15) is 4.88 Å². The van der Waals surface area contributed by atoms with Crippen molar-refractivity contribution in [3.63, 3.8) is 0 Å². The van der Waals surface area contributed by atoms with Gasteiger partial charge in [-0.25, -0.2) is 14.6 Å². The van der Waals surface area contributed by atoms with E-state index in [9.17, 15) is 0 Å². The number of thiophene rings is 1. The molecule has 16 heavy (non-hydrogen) atoms. The molecule has 3 aromatic heterocycles. The molecule has 0 atom stereocenters. The third-order valence-electron chi connectivity index (χ3n) is 2.25. The van der Waals surface area contributed by atoms with Gasteiger partial charge in [-0.15, -0.1) is 11.3 Å². The first kappa shape index (κ1) is 9.29. The molecule has 0 aromatic carbocycles. The Labute approximate surface area is 95.6 Å². The molecule has 3 heterocycles. The minimum absolute atomic E-state index is 0.624. The maximum absolute atomic E-state index is 5.64. The molecule has 0 aliphatic carbocycles. The van der Waals surface area contributed by atoms with Crippen LogP contribution in [0.25, 0.3) is 16.0 Å². The topological polar surface area (TPSA) is 69.6 Å². The molecule has 6 heteroatoms. The highest BCUT2D eigenvalue weighted by molar-refractivity contribution is 7.18. The van der Waals surface area contributed by atoms with Crippen molar-refractivity contribution in [1.82, 2.24) is 19.7 Å². The highest BCUT2D eigenvalue weighted by Gasteiger charge is 2.09. The van der Waals surface area contributed by atoms with Crippen LogP contribution in [0.15, 0.2) is 24.8 Å². The molecule has 0 bridgehead atoms. The molecule has 3 rings (SSSR count). The molecule has 0 saturated heterocycles. The largest absolute Gasteiger partial charge is 0.396 e. The van der Waals surface area contributed by atoms with Gasteiger partial charge in [-0.1, -0.05) is 0 Å². The Morgan fingerprint density at radius 2 is 2.25 bits per heavy atom. The van der Waals surface area contributed by atoms with E-state index in [0.29, 0.717) is 5.69 Å². The molecular weight excluding hydrogens is 222 g/mol. The normalized spacial score (nSPS) is 11.1. The van der Waals surface area contributed by atoms with Crippen LogP contribution >= 0.6 is 11.3 Å². The summed E-state index contributed by atoms with van der Waals surface area (Å²) < 4.78 is 1.67. The standard InChI is InChI=1S/C10H9N5S/c1-6-2-8-9(12-5-13-10(8)16-6)15-4-7(11)3-14-15/h2-5H,11H2,1H3. The van der Waals surface area contributed by atoms with Crippen LogP contribution in [0.5, 0.6) is 0 Å². The Kier molecular flexibility index (Phi) is 1.90. The average Bonchev–Trinajstić information content (AvgIpc) is 2.82. The Morgan fingerprint density at radius 1 is 1.38 bits per heavy atom. The number of nitrogens with two attached hydrogens (primary N) is 1. The summed E-state index contributed by atoms with van der Waals surface area (Å²) in [6, 6.07) is 2.06. The number of rotatable bonds is 1. The van der Waals surface area contributed by atoms with E-state index in [4.69, 9.17) is 5.73 Å². The minimum Gasteiger partial charge on any atom is -0.396 e. The number of aryl methyl sites for hydroxylation is 1. The zero-order chi connectivity index (χ0) is 11.1. The molecule has 0 radical (unpaired) electrons. The number of nitrogen functional groups attached to an aromatic ring is 1. The van der Waals surface area contributed by atoms with Crippen LogP contribution in [0, 0.1) is 6.92 Å². The van der Waals surface area contributed by atoms with Crippen LogP contribution in [0.3, 0.4) is 0 Å². The fourth-order valence-electron chi connectivity index (χ4n) is 1.60. The summed E-state index contributed by atoms with van der Waals surface area (Å²) >= 11 is 1.64. The fraction of sp³-hybridized carbons (Fsp3) is 0.100. The van der Waals surface area contributed by atoms with E-state index in [1.54, 1.807) is 34.7 Å². The summed E-state index contributed by atoms with van der Waals surface area (Å²) in [5, 5.41) is 5.16. The van der Waals surface area contributed by atoms with E-state index in [1.165, 1.54) is 4.88 Å². The van der Waals surface area contributed by atoms with Crippen LogP contribution in [0.2, 0.25) is 0 Å². The van der Waals surface area contributed by atoms with Gasteiger partial charge < -0.3 is 5.73 Å². The van der Waals surface area contributed by atoms with E-state index in [2.05, 4.69) is 21.1 Å². The molecule has 2 N–H and O–H groups in total. The van der Waals surface area contributed by atoms with Crippen molar-refractivity contribution in [3.05, 3.63) is 29.7 Å². The second-order valence-electron chi connectivity index (χ2n) is 3.49. The van der Waals surface area contributed by atoms with Crippen molar-refractivity contribution in [3.8, 4) is 5.82 Å². The summed E-state index contributed by atoms with van der Waals surface area (Å²) in [5.74, 6) is 0.769. The molecule has 5 nitrogen and oxygen atoms in total. The lowest BCUT2D eigenvalue weighted by atomic mass is 10.3. The van der Waals surface area contributed by atoms with E-state index in [0.717, 1.165) is 16.0 Å². The number of hydrogen-bond acceptors (Lipinski definition) is 5. The zero-order valence-electron chi connectivity index (χ0n) is 8.58. The Balaban J connectivity index is 2.30. The second kappa shape index (κ2) is 3.28. The lowest BCUT2D eigenvalue weighted by Crippen LogP contribution is -1.98. The average molecular weight is 231 g/mol. The molecule has 0 aliphatic heterocycles. The van der Waals surface area contributed by atoms with Gasteiger partial charge in [-0.05, 0) is 13.0 Å². The molecule has 0 spiro atoms. The third-order valence-corrected chi connectivity index (χ3v) is 3.21. The molecule has 0 fully saturated rings. The number of hydrogen-bond donors (Lipinski definition) is 1. The first-order chi connectivity index (χ1) is 7.74. The summed E-state index contributed by atoms with van der Waals surface area (Å²) in [5.41, 5.74) is 6.26. The van der Waals surface area contributed by atoms with Crippen LogP contribution in [-0.2, 0) is 0 Å². The van der Waals surface area contributed by atoms with Crippen molar-refractivity contribution in [1.29, 1.82) is 0 Å². The maximum atomic E-state index is 5.64. The highest BCUT2D eigenvalue weighted by Crippen LogP contribution is 2.26. The molecular formula is C10H9N5S. The van der Waals surface area contributed by atoms with Gasteiger partial charge in [0.1, 0.15) is 11.2 Å². The molecule has 0 saturated carbocycles. The van der Waals surface area contributed by atoms with Gasteiger partial charge in [-0.3, -0.25) is 0 Å². The smallest absolute Gasteiger partial charge is 0.165 e. The predicted molar refractivity (Wildman–Crippen MR) is 63.7 cm³/mol. The Bertz CT molecular complexity index is 654. The van der Waals surface area contributed by atoms with Gasteiger partial charge >= 0.3 is 0 Å². The summed E-state index contributed by atoms with van der Waals surface area (Å²) in [6.45, 7) is 2.05. The van der Waals surface area contributed by atoms with E-state index >= 15 is 0 Å². The van der Waals surface area contributed by atoms with E-state index in [-0.39, 0.29) is 0 Å². The van der Waals surface area contributed by atoms with Crippen LogP contribution in [0.4, 0.5) is 5.69 Å². The number of fused-ring (bicyclic) bond motifs is 1. The van der Waals surface area contributed by atoms with Crippen LogP contribution in [-0.4, -0.2) is 19.7 Å². The lowest BCUT2D eigenvalue weighted by molar-refractivity contribution is 0.852.